The lowest BCUT2D eigenvalue weighted by molar-refractivity contribution is 0.0622. The summed E-state index contributed by atoms with van der Waals surface area (Å²) in [5, 5.41) is 21.0. The smallest absolute Gasteiger partial charge is 0.124 e. The molecule has 0 amide bonds. The summed E-state index contributed by atoms with van der Waals surface area (Å²) in [7, 11) is 1.93. The van der Waals surface area contributed by atoms with Crippen molar-refractivity contribution in [2.45, 2.75) is 12.7 Å². The summed E-state index contributed by atoms with van der Waals surface area (Å²) in [6.45, 7) is 0.358. The molecule has 6 nitrogen and oxygen atoms in total. The number of rotatable bonds is 6. The Hall–Kier alpha value is -4.78. The summed E-state index contributed by atoms with van der Waals surface area (Å²) in [5.41, 5.74) is 5.80. The predicted molar refractivity (Wildman–Crippen MR) is 133 cm³/mol. The predicted octanol–water partition coefficient (Wildman–Crippen LogP) is 5.68. The van der Waals surface area contributed by atoms with Crippen LogP contribution in [-0.4, -0.2) is 14.5 Å². The van der Waals surface area contributed by atoms with Gasteiger partial charge in [-0.1, -0.05) is 36.4 Å². The van der Waals surface area contributed by atoms with Crippen molar-refractivity contribution >= 4 is 10.8 Å². The van der Waals surface area contributed by atoms with Crippen LogP contribution in [0.15, 0.2) is 91.6 Å². The van der Waals surface area contributed by atoms with E-state index in [1.165, 1.54) is 0 Å². The van der Waals surface area contributed by atoms with E-state index >= 15 is 0 Å². The zero-order valence-electron chi connectivity index (χ0n) is 19.1. The van der Waals surface area contributed by atoms with Gasteiger partial charge in [0.25, 0.3) is 0 Å². The van der Waals surface area contributed by atoms with E-state index in [0.717, 1.165) is 38.7 Å². The molecule has 6 heteroatoms. The maximum Gasteiger partial charge on any atom is 0.124 e. The van der Waals surface area contributed by atoms with Crippen molar-refractivity contribution in [1.82, 2.24) is 14.5 Å². The van der Waals surface area contributed by atoms with Crippen LogP contribution < -0.4 is 0 Å². The first-order valence-electron chi connectivity index (χ1n) is 11.1. The van der Waals surface area contributed by atoms with Gasteiger partial charge >= 0.3 is 0 Å². The molecule has 3 aromatic carbocycles. The minimum atomic E-state index is -0.402. The molecule has 0 bridgehead atoms. The van der Waals surface area contributed by atoms with E-state index in [4.69, 9.17) is 10.00 Å². The number of hydrogen-bond donors (Lipinski definition) is 0. The molecule has 0 spiro atoms. The summed E-state index contributed by atoms with van der Waals surface area (Å²) in [4.78, 5) is 8.52. The molecule has 0 N–H and O–H groups in total. The van der Waals surface area contributed by atoms with Gasteiger partial charge in [0.1, 0.15) is 6.10 Å². The van der Waals surface area contributed by atoms with Crippen molar-refractivity contribution in [2.75, 3.05) is 0 Å². The Bertz CT molecular complexity index is 1580. The van der Waals surface area contributed by atoms with Gasteiger partial charge in [-0.15, -0.1) is 0 Å². The molecule has 2 heterocycles. The Kier molecular flexibility index (Phi) is 6.05. The highest BCUT2D eigenvalue weighted by Gasteiger charge is 2.21. The molecular weight excluding hydrogens is 434 g/mol. The highest BCUT2D eigenvalue weighted by atomic mass is 16.5. The SMILES string of the molecule is Cn1cncc1C(OCc1ccc(C#N)cc1)c1ccc(C#N)c(-c2cccc3cnccc23)c1. The Morgan fingerprint density at radius 2 is 1.77 bits per heavy atom. The maximum atomic E-state index is 9.87. The third kappa shape index (κ3) is 4.39. The maximum absolute atomic E-state index is 9.87. The number of nitriles is 2. The molecule has 0 radical (unpaired) electrons. The largest absolute Gasteiger partial charge is 0.363 e. The number of fused-ring (bicyclic) bond motifs is 1. The molecule has 0 saturated carbocycles. The van der Waals surface area contributed by atoms with E-state index in [9.17, 15) is 5.26 Å². The first kappa shape index (κ1) is 22.0. The highest BCUT2D eigenvalue weighted by Crippen LogP contribution is 2.35. The normalized spacial score (nSPS) is 11.6. The van der Waals surface area contributed by atoms with Crippen LogP contribution in [0.2, 0.25) is 0 Å². The van der Waals surface area contributed by atoms with Crippen LogP contribution in [0.4, 0.5) is 0 Å². The van der Waals surface area contributed by atoms with Gasteiger partial charge in [0.05, 0.1) is 48.1 Å². The molecule has 1 atom stereocenters. The van der Waals surface area contributed by atoms with Crippen molar-refractivity contribution in [2.24, 2.45) is 7.05 Å². The standard InChI is InChI=1S/C29H21N5O/c1-34-19-33-17-28(34)29(35-18-21-7-5-20(14-30)6-8-21)22-9-10-23(15-31)27(13-22)26-4-2-3-24-16-32-12-11-25(24)26/h2-13,16-17,19,29H,18H2,1H3. The Labute approximate surface area is 203 Å². The van der Waals surface area contributed by atoms with Gasteiger partial charge in [-0.3, -0.25) is 4.98 Å². The van der Waals surface area contributed by atoms with Crippen LogP contribution in [0.5, 0.6) is 0 Å². The number of benzene rings is 3. The quantitative estimate of drug-likeness (QED) is 0.328. The minimum absolute atomic E-state index is 0.358. The summed E-state index contributed by atoms with van der Waals surface area (Å²) >= 11 is 0. The molecular formula is C29H21N5O. The number of ether oxygens (including phenoxy) is 1. The van der Waals surface area contributed by atoms with E-state index in [1.807, 2.05) is 72.4 Å². The van der Waals surface area contributed by atoms with Crippen LogP contribution in [0.3, 0.4) is 0 Å². The van der Waals surface area contributed by atoms with E-state index in [0.29, 0.717) is 17.7 Å². The monoisotopic (exact) mass is 455 g/mol. The molecule has 0 aliphatic carbocycles. The molecule has 168 valence electrons. The van der Waals surface area contributed by atoms with Gasteiger partial charge in [-0.2, -0.15) is 10.5 Å². The third-order valence-corrected chi connectivity index (χ3v) is 6.06. The van der Waals surface area contributed by atoms with Gasteiger partial charge in [0.15, 0.2) is 0 Å². The number of imidazole rings is 1. The molecule has 0 aliphatic rings. The van der Waals surface area contributed by atoms with Crippen molar-refractivity contribution in [3.8, 4) is 23.3 Å². The fraction of sp³-hybridized carbons (Fsp3) is 0.103. The van der Waals surface area contributed by atoms with Crippen LogP contribution >= 0.6 is 0 Å². The average molecular weight is 456 g/mol. The molecule has 35 heavy (non-hydrogen) atoms. The molecule has 0 saturated heterocycles. The summed E-state index contributed by atoms with van der Waals surface area (Å²) in [6.07, 6.45) is 6.73. The molecule has 0 aliphatic heterocycles. The topological polar surface area (TPSA) is 87.5 Å². The molecule has 1 unspecified atom stereocenters. The number of pyridine rings is 1. The zero-order valence-corrected chi connectivity index (χ0v) is 19.1. The van der Waals surface area contributed by atoms with Gasteiger partial charge in [-0.25, -0.2) is 4.98 Å². The fourth-order valence-electron chi connectivity index (χ4n) is 4.23. The third-order valence-electron chi connectivity index (χ3n) is 6.06. The number of nitrogens with zero attached hydrogens (tertiary/aromatic N) is 5. The zero-order chi connectivity index (χ0) is 24.2. The number of aryl methyl sites for hydroxylation is 1. The van der Waals surface area contributed by atoms with Gasteiger partial charge in [0, 0.05) is 30.4 Å². The van der Waals surface area contributed by atoms with Gasteiger partial charge in [-0.05, 0) is 52.4 Å². The van der Waals surface area contributed by atoms with Crippen LogP contribution in [-0.2, 0) is 18.4 Å². The first-order chi connectivity index (χ1) is 17.2. The van der Waals surface area contributed by atoms with E-state index < -0.39 is 6.10 Å². The van der Waals surface area contributed by atoms with E-state index in [-0.39, 0.29) is 0 Å². The second-order valence-electron chi connectivity index (χ2n) is 8.25. The van der Waals surface area contributed by atoms with Crippen molar-refractivity contribution in [3.63, 3.8) is 0 Å². The summed E-state index contributed by atoms with van der Waals surface area (Å²) < 4.78 is 8.36. The number of aromatic nitrogens is 3. The highest BCUT2D eigenvalue weighted by molar-refractivity contribution is 5.97. The molecule has 2 aromatic heterocycles. The van der Waals surface area contributed by atoms with Crippen LogP contribution in [0, 0.1) is 22.7 Å². The molecule has 5 aromatic rings. The van der Waals surface area contributed by atoms with Crippen LogP contribution in [0.25, 0.3) is 21.9 Å². The average Bonchev–Trinajstić information content (AvgIpc) is 3.34. The Morgan fingerprint density at radius 1 is 0.914 bits per heavy atom. The Morgan fingerprint density at radius 3 is 2.51 bits per heavy atom. The van der Waals surface area contributed by atoms with Crippen molar-refractivity contribution < 1.29 is 4.74 Å². The fourth-order valence-corrected chi connectivity index (χ4v) is 4.23. The first-order valence-corrected chi connectivity index (χ1v) is 11.1. The lowest BCUT2D eigenvalue weighted by atomic mass is 9.92. The van der Waals surface area contributed by atoms with E-state index in [2.05, 4.69) is 22.1 Å². The lowest BCUT2D eigenvalue weighted by Crippen LogP contribution is -2.11. The van der Waals surface area contributed by atoms with E-state index in [1.54, 1.807) is 30.9 Å². The Balaban J connectivity index is 1.58. The number of hydrogen-bond acceptors (Lipinski definition) is 5. The minimum Gasteiger partial charge on any atom is -0.363 e. The van der Waals surface area contributed by atoms with Crippen molar-refractivity contribution in [1.29, 1.82) is 10.5 Å². The van der Waals surface area contributed by atoms with Gasteiger partial charge in [0.2, 0.25) is 0 Å². The summed E-state index contributed by atoms with van der Waals surface area (Å²) in [5.74, 6) is 0. The van der Waals surface area contributed by atoms with Crippen molar-refractivity contribution in [3.05, 3.63) is 120 Å². The van der Waals surface area contributed by atoms with Gasteiger partial charge < -0.3 is 9.30 Å². The second kappa shape index (κ2) is 9.61. The second-order valence-corrected chi connectivity index (χ2v) is 8.25. The summed E-state index contributed by atoms with van der Waals surface area (Å²) in [6, 6.07) is 25.6. The lowest BCUT2D eigenvalue weighted by Gasteiger charge is -2.21. The van der Waals surface area contributed by atoms with Crippen LogP contribution in [0.1, 0.15) is 34.1 Å². The molecule has 5 rings (SSSR count). The molecule has 0 fully saturated rings.